The van der Waals surface area contributed by atoms with Crippen molar-refractivity contribution in [2.75, 3.05) is 13.1 Å². The second-order valence-electron chi connectivity index (χ2n) is 8.93. The van der Waals surface area contributed by atoms with Crippen LogP contribution in [0.5, 0.6) is 0 Å². The highest BCUT2D eigenvalue weighted by Crippen LogP contribution is 2.21. The van der Waals surface area contributed by atoms with Crippen molar-refractivity contribution in [2.24, 2.45) is 11.7 Å². The van der Waals surface area contributed by atoms with Gasteiger partial charge >= 0.3 is 5.97 Å². The Kier molecular flexibility index (Phi) is 9.42. The lowest BCUT2D eigenvalue weighted by molar-refractivity contribution is -0.143. The molecule has 0 radical (unpaired) electrons. The van der Waals surface area contributed by atoms with Crippen LogP contribution in [0.3, 0.4) is 0 Å². The predicted molar refractivity (Wildman–Crippen MR) is 115 cm³/mol. The van der Waals surface area contributed by atoms with Crippen LogP contribution in [-0.4, -0.2) is 76.9 Å². The van der Waals surface area contributed by atoms with E-state index in [2.05, 4.69) is 16.0 Å². The summed E-state index contributed by atoms with van der Waals surface area (Å²) in [5, 5.41) is 17.6. The third-order valence-corrected chi connectivity index (χ3v) is 5.83. The number of carbonyl (C=O) groups is 5. The number of aliphatic carboxylic acids is 1. The molecule has 0 spiro atoms. The Morgan fingerprint density at radius 2 is 1.81 bits per heavy atom. The Hall–Kier alpha value is -2.69. The molecule has 0 aromatic carbocycles. The lowest BCUT2D eigenvalue weighted by Gasteiger charge is -2.29. The van der Waals surface area contributed by atoms with Crippen LogP contribution in [0.1, 0.15) is 58.8 Å². The van der Waals surface area contributed by atoms with Crippen LogP contribution < -0.4 is 21.7 Å². The summed E-state index contributed by atoms with van der Waals surface area (Å²) in [5.74, 6) is -3.06. The number of carboxylic acids is 1. The third-order valence-electron chi connectivity index (χ3n) is 5.83. The lowest BCUT2D eigenvalue weighted by Crippen LogP contribution is -2.56. The van der Waals surface area contributed by atoms with E-state index in [4.69, 9.17) is 5.73 Å². The minimum Gasteiger partial charge on any atom is -0.480 e. The van der Waals surface area contributed by atoms with Crippen molar-refractivity contribution < 1.29 is 29.1 Å². The van der Waals surface area contributed by atoms with E-state index in [1.54, 1.807) is 4.90 Å². The molecule has 11 nitrogen and oxygen atoms in total. The Morgan fingerprint density at radius 1 is 1.09 bits per heavy atom. The molecule has 11 heteroatoms. The molecule has 0 aromatic heterocycles. The van der Waals surface area contributed by atoms with Crippen molar-refractivity contribution in [1.29, 1.82) is 0 Å². The lowest BCUT2D eigenvalue weighted by atomic mass is 10.0. The first kappa shape index (κ1) is 25.6. The first-order chi connectivity index (χ1) is 15.1. The molecular formula is C21H35N5O6. The van der Waals surface area contributed by atoms with E-state index >= 15 is 0 Å². The van der Waals surface area contributed by atoms with Crippen molar-refractivity contribution >= 4 is 29.6 Å². The normalized spacial score (nSPS) is 22.4. The Morgan fingerprint density at radius 3 is 2.38 bits per heavy atom. The van der Waals surface area contributed by atoms with Gasteiger partial charge in [-0.3, -0.25) is 19.2 Å². The molecule has 4 amide bonds. The second kappa shape index (κ2) is 11.8. The summed E-state index contributed by atoms with van der Waals surface area (Å²) < 4.78 is 0. The summed E-state index contributed by atoms with van der Waals surface area (Å²) in [5.41, 5.74) is 5.08. The zero-order chi connectivity index (χ0) is 23.8. The van der Waals surface area contributed by atoms with Gasteiger partial charge in [0, 0.05) is 13.0 Å². The number of hydrogen-bond donors (Lipinski definition) is 5. The first-order valence-electron chi connectivity index (χ1n) is 11.3. The number of amides is 4. The van der Waals surface area contributed by atoms with E-state index < -0.39 is 41.8 Å². The highest BCUT2D eigenvalue weighted by Gasteiger charge is 2.39. The predicted octanol–water partition coefficient (Wildman–Crippen LogP) is -0.905. The molecule has 2 aliphatic rings. The number of hydrogen-bond acceptors (Lipinski definition) is 6. The van der Waals surface area contributed by atoms with Gasteiger partial charge < -0.3 is 31.7 Å². The van der Waals surface area contributed by atoms with Gasteiger partial charge in [0.25, 0.3) is 0 Å². The van der Waals surface area contributed by atoms with Gasteiger partial charge in [0.2, 0.25) is 23.6 Å². The number of carbonyl (C=O) groups excluding carboxylic acids is 4. The number of nitrogens with two attached hydrogens (primary N) is 1. The fraction of sp³-hybridized carbons (Fsp3) is 0.762. The summed E-state index contributed by atoms with van der Waals surface area (Å²) in [6.07, 6.45) is 2.83. The number of carboxylic acid groups (broad SMARTS) is 1. The molecule has 2 fully saturated rings. The van der Waals surface area contributed by atoms with Crippen LogP contribution in [0.15, 0.2) is 0 Å². The molecule has 4 atom stereocenters. The van der Waals surface area contributed by atoms with Crippen LogP contribution in [-0.2, 0) is 24.0 Å². The monoisotopic (exact) mass is 453 g/mol. The average Bonchev–Trinajstić information content (AvgIpc) is 3.41. The zero-order valence-electron chi connectivity index (χ0n) is 18.8. The standard InChI is InChI=1S/C21H35N5O6/c1-12(2)11-15(18(28)24-14(21(31)32)7-8-17(22)27)25-19(29)16-6-4-10-26(16)20(30)13-5-3-9-23-13/h12-16,23H,3-11H2,1-2H3,(H2,22,27)(H,24,28)(H,25,29)(H,31,32). The molecule has 4 unspecified atom stereocenters. The Balaban J connectivity index is 2.05. The fourth-order valence-corrected chi connectivity index (χ4v) is 4.19. The molecule has 2 aliphatic heterocycles. The van der Waals surface area contributed by atoms with Gasteiger partial charge in [-0.15, -0.1) is 0 Å². The highest BCUT2D eigenvalue weighted by atomic mass is 16.4. The maximum absolute atomic E-state index is 13.0. The van der Waals surface area contributed by atoms with Crippen molar-refractivity contribution in [3.05, 3.63) is 0 Å². The molecule has 2 rings (SSSR count). The van der Waals surface area contributed by atoms with Gasteiger partial charge in [-0.25, -0.2) is 4.79 Å². The minimum atomic E-state index is -1.29. The van der Waals surface area contributed by atoms with E-state index in [0.29, 0.717) is 25.8 Å². The van der Waals surface area contributed by atoms with E-state index in [-0.39, 0.29) is 30.7 Å². The topological polar surface area (TPSA) is 171 Å². The van der Waals surface area contributed by atoms with Gasteiger partial charge in [0.05, 0.1) is 6.04 Å². The molecule has 2 heterocycles. The maximum atomic E-state index is 13.0. The summed E-state index contributed by atoms with van der Waals surface area (Å²) in [4.78, 5) is 62.7. The first-order valence-corrected chi connectivity index (χ1v) is 11.3. The fourth-order valence-electron chi connectivity index (χ4n) is 4.19. The Bertz CT molecular complexity index is 721. The van der Waals surface area contributed by atoms with Gasteiger partial charge in [-0.2, -0.15) is 0 Å². The molecule has 2 saturated heterocycles. The molecule has 32 heavy (non-hydrogen) atoms. The number of nitrogens with one attached hydrogen (secondary N) is 3. The van der Waals surface area contributed by atoms with E-state index in [1.165, 1.54) is 0 Å². The van der Waals surface area contributed by atoms with Crippen LogP contribution in [0.4, 0.5) is 0 Å². The molecule has 0 bridgehead atoms. The van der Waals surface area contributed by atoms with Crippen LogP contribution >= 0.6 is 0 Å². The second-order valence-corrected chi connectivity index (χ2v) is 8.93. The smallest absolute Gasteiger partial charge is 0.326 e. The largest absolute Gasteiger partial charge is 0.480 e. The summed E-state index contributed by atoms with van der Waals surface area (Å²) in [6, 6.07) is -3.18. The highest BCUT2D eigenvalue weighted by molar-refractivity contribution is 5.94. The number of nitrogens with zero attached hydrogens (tertiary/aromatic N) is 1. The van der Waals surface area contributed by atoms with Crippen molar-refractivity contribution in [2.45, 2.75) is 83.0 Å². The number of primary amides is 1. The van der Waals surface area contributed by atoms with Crippen LogP contribution in [0.2, 0.25) is 0 Å². The minimum absolute atomic E-state index is 0.0453. The van der Waals surface area contributed by atoms with E-state index in [1.807, 2.05) is 13.8 Å². The quantitative estimate of drug-likeness (QED) is 0.270. The summed E-state index contributed by atoms with van der Waals surface area (Å²) >= 11 is 0. The van der Waals surface area contributed by atoms with Gasteiger partial charge in [-0.1, -0.05) is 13.8 Å². The van der Waals surface area contributed by atoms with Crippen molar-refractivity contribution in [1.82, 2.24) is 20.9 Å². The van der Waals surface area contributed by atoms with E-state index in [9.17, 15) is 29.1 Å². The van der Waals surface area contributed by atoms with Crippen LogP contribution in [0.25, 0.3) is 0 Å². The number of likely N-dealkylation sites (tertiary alicyclic amines) is 1. The maximum Gasteiger partial charge on any atom is 0.326 e. The van der Waals surface area contributed by atoms with Gasteiger partial charge in [0.15, 0.2) is 0 Å². The summed E-state index contributed by atoms with van der Waals surface area (Å²) in [7, 11) is 0. The molecule has 0 saturated carbocycles. The third kappa shape index (κ3) is 7.18. The van der Waals surface area contributed by atoms with Gasteiger partial charge in [0.1, 0.15) is 18.1 Å². The van der Waals surface area contributed by atoms with E-state index in [0.717, 1.165) is 19.4 Å². The molecule has 6 N–H and O–H groups in total. The molecular weight excluding hydrogens is 418 g/mol. The summed E-state index contributed by atoms with van der Waals surface area (Å²) in [6.45, 7) is 5.03. The average molecular weight is 454 g/mol. The molecule has 180 valence electrons. The van der Waals surface area contributed by atoms with Crippen LogP contribution in [0, 0.1) is 5.92 Å². The SMILES string of the molecule is CC(C)CC(NC(=O)C1CCCN1C(=O)C1CCCN1)C(=O)NC(CCC(N)=O)C(=O)O. The van der Waals surface area contributed by atoms with Crippen molar-refractivity contribution in [3.63, 3.8) is 0 Å². The zero-order valence-corrected chi connectivity index (χ0v) is 18.8. The Labute approximate surface area is 187 Å². The van der Waals surface area contributed by atoms with Crippen molar-refractivity contribution in [3.8, 4) is 0 Å². The molecule has 0 aromatic rings. The van der Waals surface area contributed by atoms with Gasteiger partial charge in [-0.05, 0) is 51.0 Å². The number of rotatable bonds is 11. The molecule has 0 aliphatic carbocycles.